The van der Waals surface area contributed by atoms with Gasteiger partial charge in [0.15, 0.2) is 5.76 Å². The van der Waals surface area contributed by atoms with Crippen LogP contribution in [0.4, 0.5) is 5.82 Å². The van der Waals surface area contributed by atoms with E-state index >= 15 is 0 Å². The Kier molecular flexibility index (Phi) is 2.48. The van der Waals surface area contributed by atoms with Crippen LogP contribution in [0.3, 0.4) is 0 Å². The minimum Gasteiger partial charge on any atom is -0.463 e. The summed E-state index contributed by atoms with van der Waals surface area (Å²) in [5.41, 5.74) is 6.39. The summed E-state index contributed by atoms with van der Waals surface area (Å²) in [6.45, 7) is 0. The quantitative estimate of drug-likeness (QED) is 0.867. The van der Waals surface area contributed by atoms with Gasteiger partial charge in [-0.2, -0.15) is 0 Å². The lowest BCUT2D eigenvalue weighted by Crippen LogP contribution is -1.93. The Morgan fingerprint density at radius 3 is 2.93 bits per heavy atom. The number of rotatable bonds is 1. The lowest BCUT2D eigenvalue weighted by atomic mass is 10.2. The normalized spacial score (nSPS) is 10.4. The van der Waals surface area contributed by atoms with Crippen molar-refractivity contribution in [2.45, 2.75) is 0 Å². The third kappa shape index (κ3) is 1.63. The zero-order valence-electron chi connectivity index (χ0n) is 7.00. The van der Waals surface area contributed by atoms with Gasteiger partial charge in [-0.15, -0.1) is 0 Å². The second-order valence-electron chi connectivity index (χ2n) is 2.68. The van der Waals surface area contributed by atoms with Crippen molar-refractivity contribution in [3.63, 3.8) is 0 Å². The molecule has 0 atom stereocenters. The van der Waals surface area contributed by atoms with Gasteiger partial charge in [0.1, 0.15) is 5.82 Å². The van der Waals surface area contributed by atoms with Crippen LogP contribution < -0.4 is 5.73 Å². The highest BCUT2D eigenvalue weighted by atomic mass is 79.9. The van der Waals surface area contributed by atoms with Gasteiger partial charge in [0.25, 0.3) is 0 Å². The van der Waals surface area contributed by atoms with Crippen molar-refractivity contribution in [2.24, 2.45) is 0 Å². The standard InChI is InChI=1S/C9H6BrClN2O/c10-7-1-2-14-8(7)6-3-5(11)4-13-9(6)12/h1-4H,(H2,12,13). The summed E-state index contributed by atoms with van der Waals surface area (Å²) in [5, 5.41) is 0.525. The molecule has 0 fully saturated rings. The third-order valence-electron chi connectivity index (χ3n) is 1.75. The summed E-state index contributed by atoms with van der Waals surface area (Å²) in [7, 11) is 0. The van der Waals surface area contributed by atoms with Crippen LogP contribution >= 0.6 is 27.5 Å². The molecular formula is C9H6BrClN2O. The Bertz CT molecular complexity index is 470. The fraction of sp³-hybridized carbons (Fsp3) is 0. The highest BCUT2D eigenvalue weighted by molar-refractivity contribution is 9.10. The zero-order chi connectivity index (χ0) is 10.1. The van der Waals surface area contributed by atoms with E-state index in [0.29, 0.717) is 22.2 Å². The second kappa shape index (κ2) is 3.63. The second-order valence-corrected chi connectivity index (χ2v) is 3.97. The van der Waals surface area contributed by atoms with Crippen LogP contribution in [0, 0.1) is 0 Å². The van der Waals surface area contributed by atoms with Crippen LogP contribution in [0.15, 0.2) is 33.5 Å². The molecule has 3 nitrogen and oxygen atoms in total. The van der Waals surface area contributed by atoms with E-state index in [1.54, 1.807) is 18.4 Å². The molecule has 2 aromatic heterocycles. The van der Waals surface area contributed by atoms with Crippen molar-refractivity contribution in [2.75, 3.05) is 5.73 Å². The Morgan fingerprint density at radius 2 is 2.29 bits per heavy atom. The Hall–Kier alpha value is -1.00. The SMILES string of the molecule is Nc1ncc(Cl)cc1-c1occc1Br. The molecule has 0 saturated heterocycles. The number of pyridine rings is 1. The summed E-state index contributed by atoms with van der Waals surface area (Å²) >= 11 is 9.15. The van der Waals surface area contributed by atoms with E-state index < -0.39 is 0 Å². The van der Waals surface area contributed by atoms with Crippen molar-refractivity contribution < 1.29 is 4.42 Å². The average molecular weight is 274 g/mol. The van der Waals surface area contributed by atoms with Crippen molar-refractivity contribution in [1.82, 2.24) is 4.98 Å². The Morgan fingerprint density at radius 1 is 1.50 bits per heavy atom. The molecule has 0 unspecified atom stereocenters. The Labute approximate surface area is 94.0 Å². The van der Waals surface area contributed by atoms with Crippen LogP contribution in [0.1, 0.15) is 0 Å². The number of aromatic nitrogens is 1. The van der Waals surface area contributed by atoms with Gasteiger partial charge in [-0.1, -0.05) is 11.6 Å². The lowest BCUT2D eigenvalue weighted by Gasteiger charge is -2.02. The van der Waals surface area contributed by atoms with E-state index in [0.717, 1.165) is 4.47 Å². The van der Waals surface area contributed by atoms with E-state index in [2.05, 4.69) is 20.9 Å². The van der Waals surface area contributed by atoms with Gasteiger partial charge in [0.2, 0.25) is 0 Å². The molecule has 0 aliphatic carbocycles. The Balaban J connectivity index is 2.62. The predicted molar refractivity (Wildman–Crippen MR) is 59.1 cm³/mol. The van der Waals surface area contributed by atoms with Crippen molar-refractivity contribution >= 4 is 33.3 Å². The summed E-state index contributed by atoms with van der Waals surface area (Å²) in [6.07, 6.45) is 3.07. The average Bonchev–Trinajstić information content (AvgIpc) is 2.56. The topological polar surface area (TPSA) is 52.0 Å². The first-order valence-corrected chi connectivity index (χ1v) is 5.00. The van der Waals surface area contributed by atoms with E-state index in [1.165, 1.54) is 6.20 Å². The number of halogens is 2. The van der Waals surface area contributed by atoms with Gasteiger partial charge in [-0.25, -0.2) is 4.98 Å². The monoisotopic (exact) mass is 272 g/mol. The highest BCUT2D eigenvalue weighted by Gasteiger charge is 2.11. The third-order valence-corrected chi connectivity index (χ3v) is 2.58. The number of nitrogens with two attached hydrogens (primary N) is 1. The van der Waals surface area contributed by atoms with Crippen LogP contribution in [0.25, 0.3) is 11.3 Å². The van der Waals surface area contributed by atoms with Crippen LogP contribution in [0.2, 0.25) is 5.02 Å². The van der Waals surface area contributed by atoms with E-state index in [1.807, 2.05) is 0 Å². The first kappa shape index (κ1) is 9.55. The van der Waals surface area contributed by atoms with E-state index in [9.17, 15) is 0 Å². The van der Waals surface area contributed by atoms with Crippen LogP contribution in [-0.4, -0.2) is 4.98 Å². The van der Waals surface area contributed by atoms with Crippen molar-refractivity contribution in [3.05, 3.63) is 34.1 Å². The molecule has 2 heterocycles. The fourth-order valence-electron chi connectivity index (χ4n) is 1.12. The molecule has 14 heavy (non-hydrogen) atoms. The van der Waals surface area contributed by atoms with E-state index in [4.69, 9.17) is 21.8 Å². The smallest absolute Gasteiger partial charge is 0.151 e. The number of hydrogen-bond acceptors (Lipinski definition) is 3. The van der Waals surface area contributed by atoms with Crippen molar-refractivity contribution in [3.8, 4) is 11.3 Å². The molecule has 2 N–H and O–H groups in total. The number of nitrogens with zero attached hydrogens (tertiary/aromatic N) is 1. The largest absolute Gasteiger partial charge is 0.463 e. The molecular weight excluding hydrogens is 267 g/mol. The fourth-order valence-corrected chi connectivity index (χ4v) is 1.69. The molecule has 0 spiro atoms. The molecule has 0 saturated carbocycles. The maximum atomic E-state index is 5.81. The molecule has 0 aromatic carbocycles. The molecule has 2 rings (SSSR count). The highest BCUT2D eigenvalue weighted by Crippen LogP contribution is 2.33. The minimum absolute atomic E-state index is 0.394. The van der Waals surface area contributed by atoms with E-state index in [-0.39, 0.29) is 0 Å². The van der Waals surface area contributed by atoms with Gasteiger partial charge in [0, 0.05) is 6.20 Å². The van der Waals surface area contributed by atoms with Crippen LogP contribution in [0.5, 0.6) is 0 Å². The van der Waals surface area contributed by atoms with Gasteiger partial charge in [-0.3, -0.25) is 0 Å². The van der Waals surface area contributed by atoms with Crippen molar-refractivity contribution in [1.29, 1.82) is 0 Å². The molecule has 0 radical (unpaired) electrons. The first-order valence-electron chi connectivity index (χ1n) is 3.83. The molecule has 0 bridgehead atoms. The van der Waals surface area contributed by atoms with Gasteiger partial charge in [-0.05, 0) is 28.1 Å². The molecule has 2 aromatic rings. The summed E-state index contributed by atoms with van der Waals surface area (Å²) in [6, 6.07) is 3.50. The van der Waals surface area contributed by atoms with Gasteiger partial charge >= 0.3 is 0 Å². The zero-order valence-corrected chi connectivity index (χ0v) is 9.34. The number of hydrogen-bond donors (Lipinski definition) is 1. The summed E-state index contributed by atoms with van der Waals surface area (Å²) in [5.74, 6) is 1.03. The molecule has 5 heteroatoms. The first-order chi connectivity index (χ1) is 6.68. The van der Waals surface area contributed by atoms with Gasteiger partial charge < -0.3 is 10.2 Å². The number of nitrogen functional groups attached to an aromatic ring is 1. The molecule has 72 valence electrons. The summed E-state index contributed by atoms with van der Waals surface area (Å²) in [4.78, 5) is 3.94. The van der Waals surface area contributed by atoms with Crippen LogP contribution in [-0.2, 0) is 0 Å². The maximum absolute atomic E-state index is 5.81. The molecule has 0 aliphatic rings. The van der Waals surface area contributed by atoms with Gasteiger partial charge in [0.05, 0.1) is 21.3 Å². The summed E-state index contributed by atoms with van der Waals surface area (Å²) < 4.78 is 6.09. The molecule has 0 amide bonds. The lowest BCUT2D eigenvalue weighted by molar-refractivity contribution is 0.581. The number of furan rings is 1. The minimum atomic E-state index is 0.394. The molecule has 0 aliphatic heterocycles. The predicted octanol–water partition coefficient (Wildman–Crippen LogP) is 3.34. The maximum Gasteiger partial charge on any atom is 0.151 e. The number of anilines is 1.